The predicted molar refractivity (Wildman–Crippen MR) is 104 cm³/mol. The van der Waals surface area contributed by atoms with Crippen molar-refractivity contribution in [1.82, 2.24) is 9.88 Å². The topological polar surface area (TPSA) is 37.7 Å². The third kappa shape index (κ3) is 5.45. The summed E-state index contributed by atoms with van der Waals surface area (Å²) >= 11 is 1.18. The van der Waals surface area contributed by atoms with E-state index >= 15 is 0 Å². The van der Waals surface area contributed by atoms with Gasteiger partial charge in [-0.25, -0.2) is 9.98 Å². The van der Waals surface area contributed by atoms with Crippen LogP contribution in [0.15, 0.2) is 22.5 Å². The Bertz CT molecular complexity index is 823. The van der Waals surface area contributed by atoms with Crippen molar-refractivity contribution in [2.45, 2.75) is 46.2 Å². The molecule has 0 bridgehead atoms. The van der Waals surface area contributed by atoms with Crippen LogP contribution in [0.1, 0.15) is 44.5 Å². The first-order valence-corrected chi connectivity index (χ1v) is 9.40. The third-order valence-electron chi connectivity index (χ3n) is 3.95. The molecule has 0 unspecified atom stereocenters. The molecule has 27 heavy (non-hydrogen) atoms. The summed E-state index contributed by atoms with van der Waals surface area (Å²) in [6, 6.07) is 2.38. The van der Waals surface area contributed by atoms with Crippen molar-refractivity contribution in [1.29, 1.82) is 0 Å². The molecular formula is C19H24F3N3OS. The Morgan fingerprint density at radius 3 is 2.44 bits per heavy atom. The Morgan fingerprint density at radius 2 is 1.93 bits per heavy atom. The number of aliphatic imine (C=N–C) groups is 1. The SMILES string of the molecule is CCN(C)/C=N\c1cc(C(F)(F)F)c(Oc2nc(C(C)(C)C)cs2)cc1C. The van der Waals surface area contributed by atoms with E-state index in [0.29, 0.717) is 12.1 Å². The van der Waals surface area contributed by atoms with Gasteiger partial charge in [0.05, 0.1) is 17.7 Å². The second kappa shape index (κ2) is 7.88. The Labute approximate surface area is 161 Å². The molecule has 0 radical (unpaired) electrons. The minimum Gasteiger partial charge on any atom is -0.430 e. The second-order valence-electron chi connectivity index (χ2n) is 7.30. The highest BCUT2D eigenvalue weighted by molar-refractivity contribution is 7.11. The zero-order valence-corrected chi connectivity index (χ0v) is 17.1. The highest BCUT2D eigenvalue weighted by atomic mass is 32.1. The quantitative estimate of drug-likeness (QED) is 0.446. The van der Waals surface area contributed by atoms with E-state index in [9.17, 15) is 13.2 Å². The zero-order chi connectivity index (χ0) is 20.4. The number of thiazole rings is 1. The number of aromatic nitrogens is 1. The number of hydrogen-bond donors (Lipinski definition) is 0. The van der Waals surface area contributed by atoms with Crippen LogP contribution in [0.5, 0.6) is 10.9 Å². The van der Waals surface area contributed by atoms with E-state index in [4.69, 9.17) is 4.74 Å². The first-order valence-electron chi connectivity index (χ1n) is 8.52. The summed E-state index contributed by atoms with van der Waals surface area (Å²) < 4.78 is 46.2. The van der Waals surface area contributed by atoms with Gasteiger partial charge >= 0.3 is 6.18 Å². The van der Waals surface area contributed by atoms with Crippen molar-refractivity contribution in [3.05, 3.63) is 34.3 Å². The van der Waals surface area contributed by atoms with Gasteiger partial charge in [-0.3, -0.25) is 0 Å². The molecule has 2 rings (SSSR count). The molecule has 0 atom stereocenters. The molecule has 4 nitrogen and oxygen atoms in total. The molecule has 1 aromatic carbocycles. The van der Waals surface area contributed by atoms with Crippen LogP contribution in [0.25, 0.3) is 0 Å². The second-order valence-corrected chi connectivity index (χ2v) is 8.12. The lowest BCUT2D eigenvalue weighted by Gasteiger charge is -2.16. The normalized spacial score (nSPS) is 12.6. The maximum Gasteiger partial charge on any atom is 0.420 e. The van der Waals surface area contributed by atoms with Crippen LogP contribution >= 0.6 is 11.3 Å². The number of ether oxygens (including phenoxy) is 1. The molecule has 0 amide bonds. The Balaban J connectivity index is 2.42. The first-order chi connectivity index (χ1) is 12.4. The molecule has 0 N–H and O–H groups in total. The fraction of sp³-hybridized carbons (Fsp3) is 0.474. The van der Waals surface area contributed by atoms with Gasteiger partial charge in [0.15, 0.2) is 0 Å². The van der Waals surface area contributed by atoms with Crippen LogP contribution in [-0.2, 0) is 11.6 Å². The van der Waals surface area contributed by atoms with E-state index in [0.717, 1.165) is 11.8 Å². The van der Waals surface area contributed by atoms with Crippen molar-refractivity contribution in [2.75, 3.05) is 13.6 Å². The summed E-state index contributed by atoms with van der Waals surface area (Å²) in [5.74, 6) is -0.266. The van der Waals surface area contributed by atoms with E-state index in [1.807, 2.05) is 27.7 Å². The number of benzene rings is 1. The largest absolute Gasteiger partial charge is 0.430 e. The number of halogens is 3. The van der Waals surface area contributed by atoms with Gasteiger partial charge in [-0.2, -0.15) is 13.2 Å². The van der Waals surface area contributed by atoms with Gasteiger partial charge in [-0.1, -0.05) is 32.1 Å². The number of nitrogens with zero attached hydrogens (tertiary/aromatic N) is 3. The van der Waals surface area contributed by atoms with Crippen molar-refractivity contribution in [3.63, 3.8) is 0 Å². The minimum atomic E-state index is -4.56. The fourth-order valence-corrected chi connectivity index (χ4v) is 3.01. The van der Waals surface area contributed by atoms with Crippen LogP contribution in [0.3, 0.4) is 0 Å². The van der Waals surface area contributed by atoms with Gasteiger partial charge in [0.2, 0.25) is 0 Å². The summed E-state index contributed by atoms with van der Waals surface area (Å²) in [6.07, 6.45) is -3.05. The highest BCUT2D eigenvalue weighted by Crippen LogP contribution is 2.42. The van der Waals surface area contributed by atoms with Gasteiger partial charge in [-0.05, 0) is 31.5 Å². The van der Waals surface area contributed by atoms with E-state index in [1.165, 1.54) is 23.7 Å². The Hall–Kier alpha value is -2.09. The van der Waals surface area contributed by atoms with E-state index in [1.54, 1.807) is 24.3 Å². The Kier molecular flexibility index (Phi) is 6.19. The lowest BCUT2D eigenvalue weighted by Crippen LogP contribution is -2.14. The van der Waals surface area contributed by atoms with E-state index in [2.05, 4.69) is 9.98 Å². The van der Waals surface area contributed by atoms with Crippen molar-refractivity contribution < 1.29 is 17.9 Å². The smallest absolute Gasteiger partial charge is 0.420 e. The van der Waals surface area contributed by atoms with Crippen molar-refractivity contribution in [3.8, 4) is 10.9 Å². The van der Waals surface area contributed by atoms with Gasteiger partial charge in [-0.15, -0.1) is 0 Å². The number of hydrogen-bond acceptors (Lipinski definition) is 4. The zero-order valence-electron chi connectivity index (χ0n) is 16.3. The highest BCUT2D eigenvalue weighted by Gasteiger charge is 2.36. The summed E-state index contributed by atoms with van der Waals surface area (Å²) in [6.45, 7) is 10.3. The lowest BCUT2D eigenvalue weighted by molar-refractivity contribution is -0.138. The summed E-state index contributed by atoms with van der Waals surface area (Å²) in [7, 11) is 1.80. The molecule has 0 aliphatic heterocycles. The minimum absolute atomic E-state index is 0.187. The van der Waals surface area contributed by atoms with Gasteiger partial charge in [0.25, 0.3) is 5.19 Å². The summed E-state index contributed by atoms with van der Waals surface area (Å²) in [5.41, 5.74) is 0.546. The van der Waals surface area contributed by atoms with Gasteiger partial charge < -0.3 is 9.64 Å². The molecule has 8 heteroatoms. The fourth-order valence-electron chi connectivity index (χ4n) is 2.10. The molecule has 1 aromatic heterocycles. The van der Waals surface area contributed by atoms with Crippen LogP contribution in [-0.4, -0.2) is 29.8 Å². The van der Waals surface area contributed by atoms with E-state index < -0.39 is 11.7 Å². The van der Waals surface area contributed by atoms with Crippen molar-refractivity contribution >= 4 is 23.4 Å². The van der Waals surface area contributed by atoms with Crippen LogP contribution < -0.4 is 4.74 Å². The molecular weight excluding hydrogens is 375 g/mol. The van der Waals surface area contributed by atoms with E-state index in [-0.39, 0.29) is 22.0 Å². The maximum atomic E-state index is 13.6. The average Bonchev–Trinajstić information content (AvgIpc) is 3.01. The van der Waals surface area contributed by atoms with Crippen LogP contribution in [0.2, 0.25) is 0 Å². The Morgan fingerprint density at radius 1 is 1.26 bits per heavy atom. The van der Waals surface area contributed by atoms with Gasteiger partial charge in [0, 0.05) is 24.4 Å². The lowest BCUT2D eigenvalue weighted by atomic mass is 9.93. The van der Waals surface area contributed by atoms with Crippen LogP contribution in [0, 0.1) is 6.92 Å². The number of alkyl halides is 3. The third-order valence-corrected chi connectivity index (χ3v) is 4.66. The molecule has 0 aliphatic carbocycles. The summed E-state index contributed by atoms with van der Waals surface area (Å²) in [5, 5.41) is 1.99. The van der Waals surface area contributed by atoms with Gasteiger partial charge in [0.1, 0.15) is 11.3 Å². The predicted octanol–water partition coefficient (Wildman–Crippen LogP) is 6.17. The molecule has 0 fully saturated rings. The average molecular weight is 399 g/mol. The molecule has 1 heterocycles. The standard InChI is InChI=1S/C19H24F3N3OS/c1-7-25(6)11-23-14-9-13(19(20,21)22)15(8-12(14)2)26-17-24-16(10-27-17)18(3,4)5/h8-11H,7H2,1-6H3/b23-11-. The molecule has 2 aromatic rings. The van der Waals surface area contributed by atoms with Crippen molar-refractivity contribution in [2.24, 2.45) is 4.99 Å². The molecule has 0 saturated heterocycles. The number of rotatable bonds is 5. The molecule has 148 valence electrons. The molecule has 0 spiro atoms. The molecule has 0 aliphatic rings. The maximum absolute atomic E-state index is 13.6. The first kappa shape index (κ1) is 21.2. The van der Waals surface area contributed by atoms with Crippen LogP contribution in [0.4, 0.5) is 18.9 Å². The summed E-state index contributed by atoms with van der Waals surface area (Å²) in [4.78, 5) is 10.3. The number of aryl methyl sites for hydroxylation is 1. The monoisotopic (exact) mass is 399 g/mol. The molecule has 0 saturated carbocycles.